The van der Waals surface area contributed by atoms with Gasteiger partial charge in [-0.2, -0.15) is 5.10 Å². The molecule has 176 valence electrons. The number of carbonyl (C=O) groups is 3. The van der Waals surface area contributed by atoms with Gasteiger partial charge in [-0.25, -0.2) is 9.18 Å². The molecule has 33 heavy (non-hydrogen) atoms. The molecule has 0 unspecified atom stereocenters. The van der Waals surface area contributed by atoms with Crippen LogP contribution in [0.1, 0.15) is 67.4 Å². The minimum absolute atomic E-state index is 0.00480. The van der Waals surface area contributed by atoms with Crippen LogP contribution in [0.25, 0.3) is 0 Å². The summed E-state index contributed by atoms with van der Waals surface area (Å²) in [5.74, 6) is -1.25. The van der Waals surface area contributed by atoms with Crippen LogP contribution < -0.4 is 10.2 Å². The lowest BCUT2D eigenvalue weighted by molar-refractivity contribution is -0.127. The van der Waals surface area contributed by atoms with Crippen molar-refractivity contribution in [2.45, 2.75) is 64.6 Å². The van der Waals surface area contributed by atoms with Gasteiger partial charge in [0.2, 0.25) is 5.91 Å². The number of ether oxygens (including phenoxy) is 1. The maximum Gasteiger partial charge on any atom is 0.358 e. The van der Waals surface area contributed by atoms with E-state index in [-0.39, 0.29) is 36.5 Å². The molecule has 2 amide bonds. The molecule has 0 saturated heterocycles. The number of halogens is 1. The molecule has 1 aromatic carbocycles. The second-order valence-electron chi connectivity index (χ2n) is 9.11. The Balaban J connectivity index is 1.71. The van der Waals surface area contributed by atoms with Gasteiger partial charge >= 0.3 is 5.97 Å². The first kappa shape index (κ1) is 22.9. The molecule has 2 heterocycles. The van der Waals surface area contributed by atoms with Crippen molar-refractivity contribution in [3.63, 3.8) is 0 Å². The highest BCUT2D eigenvalue weighted by molar-refractivity contribution is 6.12. The molecule has 1 aromatic heterocycles. The largest absolute Gasteiger partial charge is 0.461 e. The number of anilines is 1. The summed E-state index contributed by atoms with van der Waals surface area (Å²) >= 11 is 0. The zero-order valence-corrected chi connectivity index (χ0v) is 19.1. The molecule has 1 aliphatic heterocycles. The van der Waals surface area contributed by atoms with Gasteiger partial charge in [0, 0.05) is 17.8 Å². The average molecular weight is 457 g/mol. The number of aromatic nitrogens is 2. The predicted octanol–water partition coefficient (Wildman–Crippen LogP) is 3.31. The summed E-state index contributed by atoms with van der Waals surface area (Å²) in [7, 11) is 0. The van der Waals surface area contributed by atoms with Crippen molar-refractivity contribution in [1.29, 1.82) is 0 Å². The number of rotatable bonds is 5. The number of nitrogens with zero attached hydrogens (tertiary/aromatic N) is 3. The van der Waals surface area contributed by atoms with Gasteiger partial charge in [-0.3, -0.25) is 19.2 Å². The van der Waals surface area contributed by atoms with Crippen LogP contribution in [0.4, 0.5) is 10.1 Å². The quantitative estimate of drug-likeness (QED) is 0.697. The molecular formula is C24H29FN4O4. The van der Waals surface area contributed by atoms with Crippen molar-refractivity contribution in [2.75, 3.05) is 11.5 Å². The van der Waals surface area contributed by atoms with E-state index in [1.54, 1.807) is 13.8 Å². The topological polar surface area (TPSA) is 93.5 Å². The van der Waals surface area contributed by atoms with E-state index in [0.717, 1.165) is 25.7 Å². The van der Waals surface area contributed by atoms with Crippen molar-refractivity contribution < 1.29 is 23.5 Å². The lowest BCUT2D eigenvalue weighted by atomic mass is 9.86. The Morgan fingerprint density at radius 1 is 1.21 bits per heavy atom. The predicted molar refractivity (Wildman–Crippen MR) is 119 cm³/mol. The highest BCUT2D eigenvalue weighted by atomic mass is 19.1. The third-order valence-corrected chi connectivity index (χ3v) is 6.56. The monoisotopic (exact) mass is 456 g/mol. The number of hydrogen-bond acceptors (Lipinski definition) is 5. The van der Waals surface area contributed by atoms with Crippen LogP contribution in [0, 0.1) is 11.7 Å². The van der Waals surface area contributed by atoms with Gasteiger partial charge in [0.25, 0.3) is 5.91 Å². The second kappa shape index (κ2) is 8.96. The molecule has 2 aliphatic rings. The lowest BCUT2D eigenvalue weighted by Crippen LogP contribution is -2.65. The number of carbonyl (C=O) groups excluding carboxylic acids is 3. The Hall–Kier alpha value is -3.23. The van der Waals surface area contributed by atoms with Gasteiger partial charge in [-0.15, -0.1) is 0 Å². The molecule has 1 fully saturated rings. The molecule has 0 spiro atoms. The van der Waals surface area contributed by atoms with Crippen molar-refractivity contribution >= 4 is 23.5 Å². The molecule has 1 N–H and O–H groups in total. The van der Waals surface area contributed by atoms with E-state index in [1.807, 2.05) is 0 Å². The Kier molecular flexibility index (Phi) is 6.23. The molecular weight excluding hydrogens is 427 g/mol. The van der Waals surface area contributed by atoms with Gasteiger partial charge in [0.1, 0.15) is 17.1 Å². The van der Waals surface area contributed by atoms with E-state index >= 15 is 0 Å². The smallest absolute Gasteiger partial charge is 0.358 e. The van der Waals surface area contributed by atoms with Crippen LogP contribution in [0.3, 0.4) is 0 Å². The Bertz CT molecular complexity index is 1060. The molecule has 1 aliphatic carbocycles. The Labute approximate surface area is 192 Å². The van der Waals surface area contributed by atoms with Gasteiger partial charge in [-0.1, -0.05) is 6.92 Å². The van der Waals surface area contributed by atoms with Crippen LogP contribution in [0.5, 0.6) is 0 Å². The van der Waals surface area contributed by atoms with Crippen molar-refractivity contribution in [1.82, 2.24) is 15.1 Å². The minimum atomic E-state index is -1.33. The number of hydrogen-bond donors (Lipinski definition) is 1. The molecule has 1 saturated carbocycles. The summed E-state index contributed by atoms with van der Waals surface area (Å²) in [6.45, 7) is 5.78. The molecule has 0 radical (unpaired) electrons. The highest BCUT2D eigenvalue weighted by Crippen LogP contribution is 2.34. The first-order chi connectivity index (χ1) is 15.7. The third-order valence-electron chi connectivity index (χ3n) is 6.56. The SMILES string of the molecule is CCOC(=O)c1cc2n(n1)C[C@@](C)(C(=O)NC1CCC(C)CC1)N(c1ccc(F)cc1)C2=O. The number of benzene rings is 1. The molecule has 2 aromatic rings. The maximum atomic E-state index is 13.6. The fourth-order valence-electron chi connectivity index (χ4n) is 4.63. The maximum absolute atomic E-state index is 13.6. The van der Waals surface area contributed by atoms with Crippen molar-refractivity contribution in [2.24, 2.45) is 5.92 Å². The van der Waals surface area contributed by atoms with Gasteiger partial charge in [0.05, 0.1) is 13.2 Å². The van der Waals surface area contributed by atoms with E-state index in [9.17, 15) is 18.8 Å². The summed E-state index contributed by atoms with van der Waals surface area (Å²) in [6.07, 6.45) is 3.84. The van der Waals surface area contributed by atoms with E-state index in [4.69, 9.17) is 4.74 Å². The lowest BCUT2D eigenvalue weighted by Gasteiger charge is -2.44. The average Bonchev–Trinajstić information content (AvgIpc) is 3.21. The Morgan fingerprint density at radius 3 is 2.52 bits per heavy atom. The molecule has 0 bridgehead atoms. The number of esters is 1. The van der Waals surface area contributed by atoms with Crippen LogP contribution in [0.15, 0.2) is 30.3 Å². The molecule has 8 nitrogen and oxygen atoms in total. The fraction of sp³-hybridized carbons (Fsp3) is 0.500. The number of fused-ring (bicyclic) bond motifs is 1. The summed E-state index contributed by atoms with van der Waals surface area (Å²) in [4.78, 5) is 40.8. The zero-order valence-electron chi connectivity index (χ0n) is 19.1. The zero-order chi connectivity index (χ0) is 23.8. The van der Waals surface area contributed by atoms with E-state index in [0.29, 0.717) is 11.6 Å². The van der Waals surface area contributed by atoms with E-state index in [2.05, 4.69) is 17.3 Å². The normalized spacial score (nSPS) is 24.8. The van der Waals surface area contributed by atoms with Crippen LogP contribution in [-0.4, -0.2) is 45.8 Å². The van der Waals surface area contributed by atoms with Crippen molar-refractivity contribution in [3.05, 3.63) is 47.5 Å². The molecule has 9 heteroatoms. The third kappa shape index (κ3) is 4.36. The summed E-state index contributed by atoms with van der Waals surface area (Å²) in [6, 6.07) is 6.85. The van der Waals surface area contributed by atoms with Crippen molar-refractivity contribution in [3.8, 4) is 0 Å². The molecule has 1 atom stereocenters. The summed E-state index contributed by atoms with van der Waals surface area (Å²) in [5, 5.41) is 7.37. The van der Waals surface area contributed by atoms with Crippen LogP contribution in [0.2, 0.25) is 0 Å². The van der Waals surface area contributed by atoms with Gasteiger partial charge in [0.15, 0.2) is 5.69 Å². The van der Waals surface area contributed by atoms with Gasteiger partial charge < -0.3 is 10.1 Å². The Morgan fingerprint density at radius 2 is 1.88 bits per heavy atom. The number of nitrogens with one attached hydrogen (secondary N) is 1. The first-order valence-electron chi connectivity index (χ1n) is 11.4. The summed E-state index contributed by atoms with van der Waals surface area (Å²) < 4.78 is 20.0. The summed E-state index contributed by atoms with van der Waals surface area (Å²) in [5.41, 5.74) is -0.770. The first-order valence-corrected chi connectivity index (χ1v) is 11.4. The van der Waals surface area contributed by atoms with Crippen LogP contribution in [-0.2, 0) is 16.1 Å². The molecule has 4 rings (SSSR count). The number of amides is 2. The standard InChI is InChI=1S/C24H29FN4O4/c1-4-33-22(31)19-13-20-21(30)29(18-11-7-16(25)8-12-18)24(3,14-28(20)27-19)23(32)26-17-9-5-15(2)6-10-17/h7-8,11-13,15,17H,4-6,9-10,14H2,1-3H3,(H,26,32)/t15?,17?,24-/m0/s1. The van der Waals surface area contributed by atoms with Gasteiger partial charge in [-0.05, 0) is 69.7 Å². The van der Waals surface area contributed by atoms with Crippen LogP contribution >= 0.6 is 0 Å². The highest BCUT2D eigenvalue weighted by Gasteiger charge is 2.49. The fourth-order valence-corrected chi connectivity index (χ4v) is 4.63. The minimum Gasteiger partial charge on any atom is -0.461 e. The van der Waals surface area contributed by atoms with E-state index < -0.39 is 23.2 Å². The van der Waals surface area contributed by atoms with E-state index in [1.165, 1.54) is 39.9 Å². The second-order valence-corrected chi connectivity index (χ2v) is 9.11.